The number of nitrogens with zero attached hydrogens (tertiary/aromatic N) is 2. The highest BCUT2D eigenvalue weighted by Gasteiger charge is 2.31. The number of nitrogens with one attached hydrogen (secondary N) is 2. The summed E-state index contributed by atoms with van der Waals surface area (Å²) in [5, 5.41) is 19.3. The van der Waals surface area contributed by atoms with Gasteiger partial charge in [0.25, 0.3) is 0 Å². The Hall–Kier alpha value is -3.68. The van der Waals surface area contributed by atoms with Crippen LogP contribution in [0.2, 0.25) is 0 Å². The van der Waals surface area contributed by atoms with Crippen molar-refractivity contribution in [1.82, 2.24) is 9.97 Å². The van der Waals surface area contributed by atoms with E-state index >= 15 is 0 Å². The van der Waals surface area contributed by atoms with Crippen molar-refractivity contribution < 1.29 is 19.3 Å². The molecule has 156 valence electrons. The first-order chi connectivity index (χ1) is 14.5. The van der Waals surface area contributed by atoms with E-state index in [4.69, 9.17) is 19.6 Å². The van der Waals surface area contributed by atoms with Crippen molar-refractivity contribution in [1.29, 1.82) is 5.41 Å². The first-order valence-electron chi connectivity index (χ1n) is 9.78. The quantitative estimate of drug-likeness (QED) is 0.543. The number of aromatic amines is 1. The van der Waals surface area contributed by atoms with Crippen molar-refractivity contribution in [3.05, 3.63) is 48.0 Å². The van der Waals surface area contributed by atoms with E-state index in [1.165, 1.54) is 0 Å². The van der Waals surface area contributed by atoms with Crippen molar-refractivity contribution in [3.8, 4) is 17.2 Å². The van der Waals surface area contributed by atoms with Crippen LogP contribution in [-0.2, 0) is 0 Å². The molecule has 2 aromatic carbocycles. The number of H-pyrrole nitrogens is 1. The second kappa shape index (κ2) is 7.98. The van der Waals surface area contributed by atoms with Gasteiger partial charge in [0.1, 0.15) is 23.2 Å². The summed E-state index contributed by atoms with van der Waals surface area (Å²) in [6.07, 6.45) is 0. The van der Waals surface area contributed by atoms with Crippen LogP contribution in [0.3, 0.4) is 0 Å². The van der Waals surface area contributed by atoms with Gasteiger partial charge in [0.15, 0.2) is 11.5 Å². The summed E-state index contributed by atoms with van der Waals surface area (Å²) < 4.78 is 16.6. The number of benzene rings is 2. The molecule has 0 spiro atoms. The maximum Gasteiger partial charge on any atom is 0.163 e. The molecule has 0 aliphatic carbocycles. The molecule has 8 nitrogen and oxygen atoms in total. The van der Waals surface area contributed by atoms with Crippen molar-refractivity contribution in [2.75, 3.05) is 31.8 Å². The molecule has 0 radical (unpaired) electrons. The number of fused-ring (bicyclic) bond motifs is 1. The molecule has 4 rings (SSSR count). The number of aromatic nitrogens is 2. The van der Waals surface area contributed by atoms with Crippen LogP contribution in [0.4, 0.5) is 5.69 Å². The number of aliphatic hydroxyl groups is 1. The normalized spacial score (nSPS) is 14.0. The van der Waals surface area contributed by atoms with Crippen molar-refractivity contribution in [3.63, 3.8) is 0 Å². The largest absolute Gasteiger partial charge is 0.509 e. The monoisotopic (exact) mass is 408 g/mol. The zero-order valence-electron chi connectivity index (χ0n) is 17.2. The highest BCUT2D eigenvalue weighted by molar-refractivity contribution is 6.30. The van der Waals surface area contributed by atoms with Gasteiger partial charge in [0.05, 0.1) is 43.5 Å². The van der Waals surface area contributed by atoms with Gasteiger partial charge in [-0.1, -0.05) is 0 Å². The van der Waals surface area contributed by atoms with Crippen LogP contribution in [0.1, 0.15) is 19.7 Å². The maximum atomic E-state index is 10.6. The molecule has 2 heterocycles. The summed E-state index contributed by atoms with van der Waals surface area (Å²) in [5.41, 5.74) is 2.61. The highest BCUT2D eigenvalue weighted by Crippen LogP contribution is 2.36. The topological polar surface area (TPSA) is 104 Å². The number of ether oxygens (including phenoxy) is 3. The standard InChI is InChI=1S/C22H24N4O4/c1-4-29-18-9-6-13(10-19(18)30-5-2)26-12-17(27)20(21(26)23)22-24-15-8-7-14(28-3)11-16(15)25-22/h6-11,23,27H,4-5,12H2,1-3H3,(H,24,25). The molecular weight excluding hydrogens is 384 g/mol. The fourth-order valence-electron chi connectivity index (χ4n) is 3.49. The van der Waals surface area contributed by atoms with Crippen LogP contribution in [0.25, 0.3) is 16.6 Å². The lowest BCUT2D eigenvalue weighted by atomic mass is 10.2. The predicted octanol–water partition coefficient (Wildman–Crippen LogP) is 4.14. The molecular formula is C22H24N4O4. The molecule has 0 saturated carbocycles. The Morgan fingerprint density at radius 2 is 1.87 bits per heavy atom. The third-order valence-corrected chi connectivity index (χ3v) is 4.87. The minimum absolute atomic E-state index is 0.0814. The molecule has 3 N–H and O–H groups in total. The number of methoxy groups -OCH3 is 1. The molecule has 3 aromatic rings. The Balaban J connectivity index is 1.66. The lowest BCUT2D eigenvalue weighted by Crippen LogP contribution is -2.26. The van der Waals surface area contributed by atoms with Gasteiger partial charge in [0.2, 0.25) is 0 Å². The number of anilines is 1. The number of amidine groups is 1. The molecule has 0 atom stereocenters. The van der Waals surface area contributed by atoms with Gasteiger partial charge in [-0.2, -0.15) is 0 Å². The molecule has 1 aliphatic rings. The lowest BCUT2D eigenvalue weighted by molar-refractivity contribution is 0.288. The fourth-order valence-corrected chi connectivity index (χ4v) is 3.49. The van der Waals surface area contributed by atoms with Gasteiger partial charge in [-0.05, 0) is 38.1 Å². The lowest BCUT2D eigenvalue weighted by Gasteiger charge is -2.20. The Morgan fingerprint density at radius 3 is 2.60 bits per heavy atom. The van der Waals surface area contributed by atoms with Crippen molar-refractivity contribution in [2.24, 2.45) is 0 Å². The smallest absolute Gasteiger partial charge is 0.163 e. The number of aliphatic hydroxyl groups excluding tert-OH is 1. The predicted molar refractivity (Wildman–Crippen MR) is 116 cm³/mol. The number of imidazole rings is 1. The van der Waals surface area contributed by atoms with E-state index in [-0.39, 0.29) is 18.1 Å². The first-order valence-corrected chi connectivity index (χ1v) is 9.78. The molecule has 30 heavy (non-hydrogen) atoms. The second-order valence-corrected chi connectivity index (χ2v) is 6.72. The fraction of sp³-hybridized carbons (Fsp3) is 0.273. The molecule has 0 amide bonds. The molecule has 0 bridgehead atoms. The third-order valence-electron chi connectivity index (χ3n) is 4.87. The highest BCUT2D eigenvalue weighted by atomic mass is 16.5. The Morgan fingerprint density at radius 1 is 1.10 bits per heavy atom. The van der Waals surface area contributed by atoms with Gasteiger partial charge in [-0.15, -0.1) is 0 Å². The van der Waals surface area contributed by atoms with E-state index in [2.05, 4.69) is 9.97 Å². The van der Waals surface area contributed by atoms with E-state index in [0.29, 0.717) is 41.9 Å². The van der Waals surface area contributed by atoms with Crippen LogP contribution in [0.5, 0.6) is 17.2 Å². The van der Waals surface area contributed by atoms with Gasteiger partial charge >= 0.3 is 0 Å². The molecule has 1 aromatic heterocycles. The first kappa shape index (κ1) is 19.6. The maximum absolute atomic E-state index is 10.6. The van der Waals surface area contributed by atoms with E-state index in [1.54, 1.807) is 12.0 Å². The van der Waals surface area contributed by atoms with E-state index in [9.17, 15) is 5.11 Å². The molecule has 0 unspecified atom stereocenters. The average molecular weight is 408 g/mol. The zero-order chi connectivity index (χ0) is 21.3. The van der Waals surface area contributed by atoms with E-state index < -0.39 is 0 Å². The van der Waals surface area contributed by atoms with Crippen LogP contribution in [-0.4, -0.2) is 47.8 Å². The van der Waals surface area contributed by atoms with Gasteiger partial charge < -0.3 is 29.2 Å². The van der Waals surface area contributed by atoms with Gasteiger partial charge in [0, 0.05) is 17.8 Å². The summed E-state index contributed by atoms with van der Waals surface area (Å²) >= 11 is 0. The second-order valence-electron chi connectivity index (χ2n) is 6.72. The minimum atomic E-state index is 0.0814. The molecule has 1 aliphatic heterocycles. The zero-order valence-corrected chi connectivity index (χ0v) is 17.2. The van der Waals surface area contributed by atoms with Gasteiger partial charge in [-0.3, -0.25) is 5.41 Å². The van der Waals surface area contributed by atoms with Crippen molar-refractivity contribution in [2.45, 2.75) is 13.8 Å². The number of hydrogen-bond acceptors (Lipinski definition) is 6. The number of hydrogen-bond donors (Lipinski definition) is 3. The van der Waals surface area contributed by atoms with Gasteiger partial charge in [-0.25, -0.2) is 4.98 Å². The SMILES string of the molecule is CCOc1ccc(N2CC(O)=C(c3nc4ccc(OC)cc4[nH]3)C2=N)cc1OCC. The van der Waals surface area contributed by atoms with E-state index in [1.807, 2.05) is 50.2 Å². The third kappa shape index (κ3) is 3.41. The average Bonchev–Trinajstić information content (AvgIpc) is 3.28. The van der Waals surface area contributed by atoms with E-state index in [0.717, 1.165) is 16.7 Å². The summed E-state index contributed by atoms with van der Waals surface area (Å²) in [4.78, 5) is 9.43. The van der Waals surface area contributed by atoms with Crippen LogP contribution >= 0.6 is 0 Å². The molecule has 8 heteroatoms. The summed E-state index contributed by atoms with van der Waals surface area (Å²) in [7, 11) is 1.60. The van der Waals surface area contributed by atoms with Crippen LogP contribution < -0.4 is 19.1 Å². The Labute approximate surface area is 174 Å². The molecule has 0 fully saturated rings. The Kier molecular flexibility index (Phi) is 5.22. The number of rotatable bonds is 7. The Bertz CT molecular complexity index is 1140. The van der Waals surface area contributed by atoms with Crippen LogP contribution in [0, 0.1) is 5.41 Å². The minimum Gasteiger partial charge on any atom is -0.509 e. The summed E-state index contributed by atoms with van der Waals surface area (Å²) in [6.45, 7) is 5.02. The summed E-state index contributed by atoms with van der Waals surface area (Å²) in [5.74, 6) is 2.64. The van der Waals surface area contributed by atoms with Crippen molar-refractivity contribution >= 4 is 28.1 Å². The summed E-state index contributed by atoms with van der Waals surface area (Å²) in [6, 6.07) is 11.0. The van der Waals surface area contributed by atoms with Crippen LogP contribution in [0.15, 0.2) is 42.2 Å². The molecule has 0 saturated heterocycles.